The molecule has 1 aliphatic rings. The van der Waals surface area contributed by atoms with Crippen LogP contribution >= 0.6 is 34.8 Å². The Labute approximate surface area is 117 Å². The van der Waals surface area contributed by atoms with Crippen molar-refractivity contribution in [3.8, 4) is 0 Å². The van der Waals surface area contributed by atoms with Crippen LogP contribution in [0, 0.1) is 5.92 Å². The minimum Gasteiger partial charge on any atom is -0.353 e. The second-order valence-corrected chi connectivity index (χ2v) is 5.91. The number of nitrogens with zero attached hydrogens (tertiary/aromatic N) is 2. The third-order valence-electron chi connectivity index (χ3n) is 3.28. The van der Waals surface area contributed by atoms with E-state index >= 15 is 0 Å². The molecule has 2 rings (SSSR count). The van der Waals surface area contributed by atoms with Crippen LogP contribution < -0.4 is 4.90 Å². The molecule has 2 nitrogen and oxygen atoms in total. The van der Waals surface area contributed by atoms with Gasteiger partial charge in [0.05, 0.1) is 10.0 Å². The van der Waals surface area contributed by atoms with E-state index < -0.39 is 0 Å². The lowest BCUT2D eigenvalue weighted by Crippen LogP contribution is -2.40. The highest BCUT2D eigenvalue weighted by molar-refractivity contribution is 6.42. The molecule has 0 spiro atoms. The fourth-order valence-corrected chi connectivity index (χ4v) is 2.96. The first-order valence-electron chi connectivity index (χ1n) is 5.77. The van der Waals surface area contributed by atoms with Crippen molar-refractivity contribution in [1.29, 1.82) is 0 Å². The molecule has 0 N–H and O–H groups in total. The first-order valence-corrected chi connectivity index (χ1v) is 6.90. The molecule has 1 fully saturated rings. The summed E-state index contributed by atoms with van der Waals surface area (Å²) < 4.78 is 0. The zero-order valence-electron chi connectivity index (χ0n) is 9.88. The van der Waals surface area contributed by atoms with Gasteiger partial charge in [0.2, 0.25) is 0 Å². The quantitative estimate of drug-likeness (QED) is 0.700. The van der Waals surface area contributed by atoms with Gasteiger partial charge in [0.25, 0.3) is 0 Å². The maximum atomic E-state index is 6.19. The number of aromatic nitrogens is 1. The van der Waals surface area contributed by atoms with Crippen molar-refractivity contribution >= 4 is 40.6 Å². The zero-order chi connectivity index (χ0) is 12.6. The van der Waals surface area contributed by atoms with E-state index in [1.807, 2.05) is 0 Å². The van der Waals surface area contributed by atoms with Gasteiger partial charge in [0.1, 0.15) is 11.0 Å². The monoisotopic (exact) mass is 292 g/mol. The van der Waals surface area contributed by atoms with Crippen molar-refractivity contribution < 1.29 is 0 Å². The van der Waals surface area contributed by atoms with E-state index in [0.717, 1.165) is 31.1 Å². The van der Waals surface area contributed by atoms with Gasteiger partial charge in [-0.2, -0.15) is 0 Å². The zero-order valence-corrected chi connectivity index (χ0v) is 12.1. The van der Waals surface area contributed by atoms with Crippen LogP contribution in [0.1, 0.15) is 26.7 Å². The van der Waals surface area contributed by atoms with E-state index in [4.69, 9.17) is 34.8 Å². The van der Waals surface area contributed by atoms with Gasteiger partial charge in [0, 0.05) is 12.6 Å². The van der Waals surface area contributed by atoms with Gasteiger partial charge in [-0.3, -0.25) is 0 Å². The van der Waals surface area contributed by atoms with Crippen molar-refractivity contribution in [2.75, 3.05) is 11.4 Å². The Balaban J connectivity index is 2.31. The number of pyridine rings is 1. The average molecular weight is 294 g/mol. The van der Waals surface area contributed by atoms with Crippen molar-refractivity contribution in [3.63, 3.8) is 0 Å². The van der Waals surface area contributed by atoms with E-state index in [9.17, 15) is 0 Å². The van der Waals surface area contributed by atoms with Gasteiger partial charge in [-0.1, -0.05) is 41.7 Å². The van der Waals surface area contributed by atoms with E-state index in [0.29, 0.717) is 21.2 Å². The minimum absolute atomic E-state index is 0.317. The van der Waals surface area contributed by atoms with Gasteiger partial charge in [-0.15, -0.1) is 0 Å². The van der Waals surface area contributed by atoms with Crippen LogP contribution in [0.2, 0.25) is 15.2 Å². The highest BCUT2D eigenvalue weighted by Gasteiger charge is 2.26. The number of piperidine rings is 1. The molecule has 0 saturated carbocycles. The van der Waals surface area contributed by atoms with Gasteiger partial charge < -0.3 is 4.90 Å². The smallest absolute Gasteiger partial charge is 0.150 e. The molecule has 1 aliphatic heterocycles. The molecule has 2 unspecified atom stereocenters. The van der Waals surface area contributed by atoms with Crippen LogP contribution in [0.4, 0.5) is 5.82 Å². The number of hydrogen-bond donors (Lipinski definition) is 0. The summed E-state index contributed by atoms with van der Waals surface area (Å²) in [6.45, 7) is 5.43. The summed E-state index contributed by atoms with van der Waals surface area (Å²) in [4.78, 5) is 6.51. The molecule has 2 atom stereocenters. The summed E-state index contributed by atoms with van der Waals surface area (Å²) in [7, 11) is 0. The summed E-state index contributed by atoms with van der Waals surface area (Å²) in [5.74, 6) is 1.50. The fourth-order valence-electron chi connectivity index (χ4n) is 2.36. The van der Waals surface area contributed by atoms with Crippen molar-refractivity contribution in [2.45, 2.75) is 32.7 Å². The van der Waals surface area contributed by atoms with E-state index in [1.165, 1.54) is 0 Å². The predicted octanol–water partition coefficient (Wildman–Crippen LogP) is 4.67. The number of halogens is 3. The number of rotatable bonds is 1. The van der Waals surface area contributed by atoms with Crippen LogP contribution in [-0.4, -0.2) is 17.6 Å². The molecule has 94 valence electrons. The lowest BCUT2D eigenvalue weighted by Gasteiger charge is -2.37. The molecule has 0 radical (unpaired) electrons. The van der Waals surface area contributed by atoms with Crippen molar-refractivity contribution in [3.05, 3.63) is 21.3 Å². The third kappa shape index (κ3) is 2.81. The van der Waals surface area contributed by atoms with Crippen molar-refractivity contribution in [2.24, 2.45) is 5.92 Å². The maximum Gasteiger partial charge on any atom is 0.150 e. The topological polar surface area (TPSA) is 16.1 Å². The summed E-state index contributed by atoms with van der Waals surface area (Å²) in [6, 6.07) is 2.10. The van der Waals surface area contributed by atoms with Gasteiger partial charge in [-0.05, 0) is 31.7 Å². The second-order valence-electron chi connectivity index (χ2n) is 4.74. The molecule has 0 amide bonds. The Bertz CT molecular complexity index is 422. The second kappa shape index (κ2) is 5.21. The lowest BCUT2D eigenvalue weighted by molar-refractivity contribution is 0.376. The molecule has 1 saturated heterocycles. The van der Waals surface area contributed by atoms with Crippen LogP contribution in [0.15, 0.2) is 6.07 Å². The summed E-state index contributed by atoms with van der Waals surface area (Å²) >= 11 is 18.0. The fraction of sp³-hybridized carbons (Fsp3) is 0.583. The molecule has 17 heavy (non-hydrogen) atoms. The van der Waals surface area contributed by atoms with Gasteiger partial charge in [-0.25, -0.2) is 4.98 Å². The number of anilines is 1. The summed E-state index contributed by atoms with van der Waals surface area (Å²) in [6.07, 6.45) is 2.31. The van der Waals surface area contributed by atoms with E-state index in [2.05, 4.69) is 23.7 Å². The number of hydrogen-bond acceptors (Lipinski definition) is 2. The lowest BCUT2D eigenvalue weighted by atomic mass is 9.93. The minimum atomic E-state index is 0.317. The Morgan fingerprint density at radius 3 is 2.59 bits per heavy atom. The highest BCUT2D eigenvalue weighted by atomic mass is 35.5. The van der Waals surface area contributed by atoms with Crippen LogP contribution in [0.3, 0.4) is 0 Å². The van der Waals surface area contributed by atoms with Crippen LogP contribution in [0.5, 0.6) is 0 Å². The van der Waals surface area contributed by atoms with Gasteiger partial charge >= 0.3 is 0 Å². The van der Waals surface area contributed by atoms with E-state index in [-0.39, 0.29) is 0 Å². The Hall–Kier alpha value is -0.180. The molecule has 5 heteroatoms. The first kappa shape index (κ1) is 13.3. The molecule has 0 aliphatic carbocycles. The van der Waals surface area contributed by atoms with Crippen LogP contribution in [0.25, 0.3) is 0 Å². The maximum absolute atomic E-state index is 6.19. The average Bonchev–Trinajstić information content (AvgIpc) is 2.24. The normalized spacial score (nSPS) is 25.1. The molecular weight excluding hydrogens is 279 g/mol. The molecular formula is C12H15Cl3N2. The molecule has 0 bridgehead atoms. The Morgan fingerprint density at radius 2 is 1.94 bits per heavy atom. The molecule has 1 aromatic heterocycles. The van der Waals surface area contributed by atoms with Crippen molar-refractivity contribution in [1.82, 2.24) is 4.98 Å². The molecule has 0 aromatic carbocycles. The predicted molar refractivity (Wildman–Crippen MR) is 74.5 cm³/mol. The van der Waals surface area contributed by atoms with E-state index in [1.54, 1.807) is 6.07 Å². The largest absolute Gasteiger partial charge is 0.353 e. The van der Waals surface area contributed by atoms with Crippen LogP contribution in [-0.2, 0) is 0 Å². The molecule has 2 heterocycles. The standard InChI is InChI=1S/C12H15Cl3N2/c1-7-3-4-17(8(2)5-7)12-10(14)6-9(13)11(15)16-12/h6-8H,3-5H2,1-2H3. The first-order chi connectivity index (χ1) is 7.99. The highest BCUT2D eigenvalue weighted by Crippen LogP contribution is 2.35. The third-order valence-corrected chi connectivity index (χ3v) is 4.23. The molecule has 1 aromatic rings. The SMILES string of the molecule is CC1CCN(c2nc(Cl)c(Cl)cc2Cl)C(C)C1. The Morgan fingerprint density at radius 1 is 1.24 bits per heavy atom. The van der Waals surface area contributed by atoms with Gasteiger partial charge in [0.15, 0.2) is 0 Å². The summed E-state index contributed by atoms with van der Waals surface area (Å²) in [5.41, 5.74) is 0. The summed E-state index contributed by atoms with van der Waals surface area (Å²) in [5, 5.41) is 1.29. The Kier molecular flexibility index (Phi) is 4.06.